The number of cyclic esters (lactones) is 1. The van der Waals surface area contributed by atoms with Gasteiger partial charge in [0, 0.05) is 0 Å². The predicted molar refractivity (Wildman–Crippen MR) is 115 cm³/mol. The highest BCUT2D eigenvalue weighted by molar-refractivity contribution is 5.89. The van der Waals surface area contributed by atoms with Crippen LogP contribution in [0.25, 0.3) is 0 Å². The molecule has 1 N–H and O–H groups in total. The van der Waals surface area contributed by atoms with Gasteiger partial charge in [-0.05, 0) is 52.3 Å². The quantitative estimate of drug-likeness (QED) is 0.538. The van der Waals surface area contributed by atoms with Crippen LogP contribution >= 0.6 is 0 Å². The Kier molecular flexibility index (Phi) is 7.20. The number of benzene rings is 1. The fourth-order valence-electron chi connectivity index (χ4n) is 3.49. The van der Waals surface area contributed by atoms with E-state index in [1.807, 2.05) is 20.8 Å². The summed E-state index contributed by atoms with van der Waals surface area (Å²) in [4.78, 5) is 21.6. The number of rotatable bonds is 7. The van der Waals surface area contributed by atoms with E-state index >= 15 is 0 Å². The molecule has 0 spiro atoms. The average molecular weight is 486 g/mol. The van der Waals surface area contributed by atoms with Crippen LogP contribution in [0.1, 0.15) is 46.2 Å². The van der Waals surface area contributed by atoms with Crippen LogP contribution in [-0.4, -0.2) is 46.8 Å². The zero-order valence-electron chi connectivity index (χ0n) is 19.3. The van der Waals surface area contributed by atoms with E-state index in [1.54, 1.807) is 13.8 Å². The van der Waals surface area contributed by atoms with Crippen LogP contribution in [0.5, 0.6) is 5.75 Å². The maximum atomic E-state index is 14.7. The van der Waals surface area contributed by atoms with E-state index in [2.05, 4.69) is 20.0 Å². The van der Waals surface area contributed by atoms with E-state index in [9.17, 15) is 22.4 Å². The number of amides is 1. The van der Waals surface area contributed by atoms with Crippen LogP contribution in [0.3, 0.4) is 0 Å². The Labute approximate surface area is 194 Å². The number of ether oxygens (including phenoxy) is 3. The van der Waals surface area contributed by atoms with Crippen molar-refractivity contribution < 1.29 is 36.6 Å². The summed E-state index contributed by atoms with van der Waals surface area (Å²) >= 11 is 0. The number of halogens is 4. The van der Waals surface area contributed by atoms with Crippen molar-refractivity contribution in [3.05, 3.63) is 41.8 Å². The van der Waals surface area contributed by atoms with Crippen molar-refractivity contribution in [2.45, 2.75) is 64.8 Å². The zero-order chi connectivity index (χ0) is 25.3. The lowest BCUT2D eigenvalue weighted by molar-refractivity contribution is -0.274. The maximum Gasteiger partial charge on any atom is 0.573 e. The largest absolute Gasteiger partial charge is 0.573 e. The Morgan fingerprint density at radius 1 is 1.18 bits per heavy atom. The Hall–Kier alpha value is -3.15. The Morgan fingerprint density at radius 2 is 1.82 bits per heavy atom. The molecular weight excluding hydrogens is 460 g/mol. The van der Waals surface area contributed by atoms with Crippen molar-refractivity contribution in [3.8, 4) is 5.75 Å². The monoisotopic (exact) mass is 486 g/mol. The normalized spacial score (nSPS) is 18.4. The number of alkyl halides is 3. The van der Waals surface area contributed by atoms with Crippen LogP contribution in [-0.2, 0) is 9.47 Å². The van der Waals surface area contributed by atoms with Gasteiger partial charge >= 0.3 is 12.5 Å². The van der Waals surface area contributed by atoms with Gasteiger partial charge in [0.25, 0.3) is 0 Å². The fraction of sp³-hybridized carbons (Fsp3) is 0.500. The van der Waals surface area contributed by atoms with E-state index in [0.29, 0.717) is 5.56 Å². The van der Waals surface area contributed by atoms with E-state index in [1.165, 1.54) is 24.3 Å². The lowest BCUT2D eigenvalue weighted by atomic mass is 10.1. The Balaban J connectivity index is 1.78. The summed E-state index contributed by atoms with van der Waals surface area (Å²) in [6.45, 7) is 9.08. The van der Waals surface area contributed by atoms with Gasteiger partial charge in [0.05, 0.1) is 23.9 Å². The molecule has 1 aromatic heterocycles. The molecular formula is C22H26F4N4O4. The molecule has 0 bridgehead atoms. The smallest absolute Gasteiger partial charge is 0.447 e. The van der Waals surface area contributed by atoms with Gasteiger partial charge in [-0.15, -0.1) is 13.2 Å². The molecule has 2 heterocycles. The molecule has 0 saturated carbocycles. The van der Waals surface area contributed by atoms with E-state index in [4.69, 9.17) is 9.47 Å². The Bertz CT molecular complexity index is 1010. The first-order valence-electron chi connectivity index (χ1n) is 10.5. The molecule has 3 rings (SSSR count). The van der Waals surface area contributed by atoms with Gasteiger partial charge in [0.2, 0.25) is 5.95 Å². The second-order valence-corrected chi connectivity index (χ2v) is 8.80. The van der Waals surface area contributed by atoms with Gasteiger partial charge in [0.1, 0.15) is 18.4 Å². The number of anilines is 2. The number of hydrogen-bond donors (Lipinski definition) is 1. The SMILES string of the molecule is C[C@H](Nc1ncc(F)c(N2C(=O)OC[C@@H]2[C@@H](C)OC(C)(C)C)n1)c1ccc(OC(F)(F)F)cc1. The van der Waals surface area contributed by atoms with Crippen LogP contribution in [0.15, 0.2) is 30.5 Å². The van der Waals surface area contributed by atoms with Crippen molar-refractivity contribution in [1.82, 2.24) is 9.97 Å². The molecule has 186 valence electrons. The zero-order valence-corrected chi connectivity index (χ0v) is 19.3. The van der Waals surface area contributed by atoms with Gasteiger partial charge in [-0.2, -0.15) is 4.98 Å². The molecule has 0 aliphatic carbocycles. The first kappa shape index (κ1) is 25.5. The third-order valence-corrected chi connectivity index (χ3v) is 4.90. The minimum atomic E-state index is -4.78. The van der Waals surface area contributed by atoms with Gasteiger partial charge in [-0.1, -0.05) is 12.1 Å². The molecule has 2 aromatic rings. The minimum absolute atomic E-state index is 0.00499. The van der Waals surface area contributed by atoms with Gasteiger partial charge < -0.3 is 19.5 Å². The van der Waals surface area contributed by atoms with Crippen molar-refractivity contribution in [3.63, 3.8) is 0 Å². The number of hydrogen-bond acceptors (Lipinski definition) is 7. The summed E-state index contributed by atoms with van der Waals surface area (Å²) in [5.41, 5.74) is 0.110. The Morgan fingerprint density at radius 3 is 2.41 bits per heavy atom. The van der Waals surface area contributed by atoms with Crippen LogP contribution in [0, 0.1) is 5.82 Å². The van der Waals surface area contributed by atoms with Crippen LogP contribution in [0.2, 0.25) is 0 Å². The van der Waals surface area contributed by atoms with E-state index < -0.39 is 42.1 Å². The summed E-state index contributed by atoms with van der Waals surface area (Å²) in [6, 6.07) is 4.19. The number of nitrogens with one attached hydrogen (secondary N) is 1. The predicted octanol–water partition coefficient (Wildman–Crippen LogP) is 5.22. The number of aromatic nitrogens is 2. The molecule has 0 radical (unpaired) electrons. The first-order valence-corrected chi connectivity index (χ1v) is 10.5. The molecule has 3 atom stereocenters. The van der Waals surface area contributed by atoms with Gasteiger partial charge in [-0.25, -0.2) is 19.1 Å². The molecule has 34 heavy (non-hydrogen) atoms. The minimum Gasteiger partial charge on any atom is -0.447 e. The summed E-state index contributed by atoms with van der Waals surface area (Å²) < 4.78 is 66.6. The summed E-state index contributed by atoms with van der Waals surface area (Å²) in [5.74, 6) is -1.43. The molecule has 1 aromatic carbocycles. The van der Waals surface area contributed by atoms with Gasteiger partial charge in [0.15, 0.2) is 11.6 Å². The standard InChI is InChI=1S/C22H26F4N4O4/c1-12(14-6-8-15(9-7-14)34-22(24,25)26)28-19-27-10-16(23)18(29-19)30-17(11-32-20(30)31)13(2)33-21(3,4)5/h6-10,12-13,17H,11H2,1-5H3,(H,27,28,29)/t12-,13+,17+/m0/s1. The summed E-state index contributed by atoms with van der Waals surface area (Å²) in [7, 11) is 0. The van der Waals surface area contributed by atoms with Crippen molar-refractivity contribution in [2.75, 3.05) is 16.8 Å². The van der Waals surface area contributed by atoms with E-state index in [0.717, 1.165) is 11.1 Å². The molecule has 0 unspecified atom stereocenters. The first-order chi connectivity index (χ1) is 15.7. The second-order valence-electron chi connectivity index (χ2n) is 8.80. The lowest BCUT2D eigenvalue weighted by Gasteiger charge is -2.31. The molecule has 1 aliphatic rings. The molecule has 1 amide bonds. The highest BCUT2D eigenvalue weighted by Crippen LogP contribution is 2.30. The molecule has 1 fully saturated rings. The maximum absolute atomic E-state index is 14.7. The molecule has 1 saturated heterocycles. The van der Waals surface area contributed by atoms with E-state index in [-0.39, 0.29) is 24.1 Å². The average Bonchev–Trinajstić information content (AvgIpc) is 3.09. The third-order valence-electron chi connectivity index (χ3n) is 4.90. The second kappa shape index (κ2) is 9.61. The number of carbonyl (C=O) groups is 1. The highest BCUT2D eigenvalue weighted by Gasteiger charge is 2.42. The molecule has 1 aliphatic heterocycles. The lowest BCUT2D eigenvalue weighted by Crippen LogP contribution is -2.45. The van der Waals surface area contributed by atoms with Crippen LogP contribution < -0.4 is 15.0 Å². The summed E-state index contributed by atoms with van der Waals surface area (Å²) in [5, 5.41) is 2.95. The molecule has 8 nitrogen and oxygen atoms in total. The van der Waals surface area contributed by atoms with Gasteiger partial charge in [-0.3, -0.25) is 0 Å². The van der Waals surface area contributed by atoms with Crippen molar-refractivity contribution in [1.29, 1.82) is 0 Å². The topological polar surface area (TPSA) is 85.8 Å². The molecule has 12 heteroatoms. The van der Waals surface area contributed by atoms with Crippen molar-refractivity contribution >= 4 is 17.9 Å². The van der Waals surface area contributed by atoms with Crippen molar-refractivity contribution in [2.24, 2.45) is 0 Å². The number of nitrogens with zero attached hydrogens (tertiary/aromatic N) is 3. The number of carbonyl (C=O) groups excluding carboxylic acids is 1. The highest BCUT2D eigenvalue weighted by atomic mass is 19.4. The van der Waals surface area contributed by atoms with Crippen LogP contribution in [0.4, 0.5) is 34.1 Å². The fourth-order valence-corrected chi connectivity index (χ4v) is 3.49. The third kappa shape index (κ3) is 6.46. The summed E-state index contributed by atoms with van der Waals surface area (Å²) in [6.07, 6.45) is -5.09.